The zero-order chi connectivity index (χ0) is 26.0. The van der Waals surface area contributed by atoms with Crippen molar-refractivity contribution < 1.29 is 19.1 Å². The third-order valence-electron chi connectivity index (χ3n) is 5.39. The van der Waals surface area contributed by atoms with Gasteiger partial charge >= 0.3 is 0 Å². The third kappa shape index (κ3) is 5.59. The predicted molar refractivity (Wildman–Crippen MR) is 157 cm³/mol. The lowest BCUT2D eigenvalue weighted by atomic mass is 10.1. The van der Waals surface area contributed by atoms with Crippen molar-refractivity contribution >= 4 is 91.0 Å². The molecule has 1 N–H and O–H groups in total. The van der Waals surface area contributed by atoms with Crippen LogP contribution in [0.1, 0.15) is 16.7 Å². The van der Waals surface area contributed by atoms with Gasteiger partial charge in [-0.3, -0.25) is 19.8 Å². The van der Waals surface area contributed by atoms with Crippen LogP contribution >= 0.6 is 62.3 Å². The van der Waals surface area contributed by atoms with E-state index < -0.39 is 11.8 Å². The van der Waals surface area contributed by atoms with Crippen molar-refractivity contribution in [1.29, 1.82) is 0 Å². The fraction of sp³-hybridized carbons (Fsp3) is 0.115. The Balaban J connectivity index is 1.66. The molecule has 1 fully saturated rings. The fourth-order valence-corrected chi connectivity index (χ4v) is 5.36. The summed E-state index contributed by atoms with van der Waals surface area (Å²) in [4.78, 5) is 27.5. The molecule has 1 saturated heterocycles. The molecule has 0 unspecified atom stereocenters. The predicted octanol–water partition coefficient (Wildman–Crippen LogP) is 6.43. The lowest BCUT2D eigenvalue weighted by molar-refractivity contribution is -0.122. The van der Waals surface area contributed by atoms with Crippen molar-refractivity contribution in [3.8, 4) is 11.5 Å². The summed E-state index contributed by atoms with van der Waals surface area (Å²) < 4.78 is 13.2. The Hall–Kier alpha value is -2.47. The van der Waals surface area contributed by atoms with Crippen molar-refractivity contribution in [3.05, 3.63) is 89.9 Å². The summed E-state index contributed by atoms with van der Waals surface area (Å²) in [5.41, 5.74) is 2.81. The molecule has 1 aliphatic heterocycles. The number of benzene rings is 3. The molecule has 0 atom stereocenters. The highest BCUT2D eigenvalue weighted by Crippen LogP contribution is 2.36. The van der Waals surface area contributed by atoms with E-state index in [4.69, 9.17) is 33.3 Å². The quantitative estimate of drug-likeness (QED) is 0.139. The first-order valence-electron chi connectivity index (χ1n) is 10.6. The van der Waals surface area contributed by atoms with E-state index in [1.807, 2.05) is 37.3 Å². The lowest BCUT2D eigenvalue weighted by Gasteiger charge is -2.30. The number of ether oxygens (including phenoxy) is 2. The van der Waals surface area contributed by atoms with E-state index >= 15 is 0 Å². The Morgan fingerprint density at radius 2 is 1.92 bits per heavy atom. The molecular weight excluding hydrogens is 679 g/mol. The number of carbonyl (C=O) groups is 2. The second kappa shape index (κ2) is 11.3. The van der Waals surface area contributed by atoms with Crippen LogP contribution in [0, 0.1) is 10.5 Å². The van der Waals surface area contributed by atoms with Gasteiger partial charge in [0, 0.05) is 15.1 Å². The molecule has 1 heterocycles. The highest BCUT2D eigenvalue weighted by molar-refractivity contribution is 14.1. The molecule has 0 bridgehead atoms. The number of amides is 2. The van der Waals surface area contributed by atoms with E-state index in [-0.39, 0.29) is 17.3 Å². The number of anilines is 1. The molecule has 0 saturated carbocycles. The summed E-state index contributed by atoms with van der Waals surface area (Å²) in [5, 5.41) is 3.26. The molecule has 4 rings (SSSR count). The Morgan fingerprint density at radius 1 is 1.17 bits per heavy atom. The number of rotatable bonds is 6. The molecule has 10 heteroatoms. The maximum Gasteiger partial charge on any atom is 0.270 e. The van der Waals surface area contributed by atoms with Crippen LogP contribution in [0.3, 0.4) is 0 Å². The summed E-state index contributed by atoms with van der Waals surface area (Å²) in [7, 11) is 1.53. The maximum atomic E-state index is 13.4. The number of halogens is 3. The maximum absolute atomic E-state index is 13.4. The van der Waals surface area contributed by atoms with Crippen LogP contribution in [0.15, 0.2) is 64.6 Å². The van der Waals surface area contributed by atoms with Crippen LogP contribution in [-0.4, -0.2) is 24.0 Å². The molecule has 0 radical (unpaired) electrons. The van der Waals surface area contributed by atoms with Crippen LogP contribution < -0.4 is 19.7 Å². The fourth-order valence-electron chi connectivity index (χ4n) is 3.64. The first kappa shape index (κ1) is 26.6. The minimum atomic E-state index is -0.566. The molecule has 3 aromatic rings. The number of aryl methyl sites for hydroxylation is 1. The summed E-state index contributed by atoms with van der Waals surface area (Å²) in [6.45, 7) is 2.12. The number of thiocarbonyl (C=S) groups is 1. The first-order valence-corrected chi connectivity index (χ1v) is 13.3. The van der Waals surface area contributed by atoms with Gasteiger partial charge in [0.15, 0.2) is 16.6 Å². The Morgan fingerprint density at radius 3 is 2.61 bits per heavy atom. The van der Waals surface area contributed by atoms with Crippen molar-refractivity contribution in [3.63, 3.8) is 0 Å². The van der Waals surface area contributed by atoms with Gasteiger partial charge in [-0.1, -0.05) is 45.7 Å². The van der Waals surface area contributed by atoms with Gasteiger partial charge in [0.05, 0.1) is 16.4 Å². The SMILES string of the molecule is COc1cc(/C=C2\C(=O)NC(=S)N(c3ccc(Br)cc3C)C2=O)cc(I)c1OCc1ccccc1Cl. The second-order valence-corrected chi connectivity index (χ2v) is 10.7. The number of hydrogen-bond donors (Lipinski definition) is 1. The van der Waals surface area contributed by atoms with Crippen molar-refractivity contribution in [1.82, 2.24) is 5.32 Å². The number of hydrogen-bond acceptors (Lipinski definition) is 5. The Kier molecular flexibility index (Phi) is 8.34. The molecule has 184 valence electrons. The standard InChI is InChI=1S/C26H19BrClIN2O4S/c1-14-9-17(27)7-8-21(14)31-25(33)18(24(32)30-26(31)36)10-15-11-20(29)23(22(12-15)34-2)35-13-16-5-3-4-6-19(16)28/h3-12H,13H2,1-2H3,(H,30,32,36)/b18-10+. The average molecular weight is 698 g/mol. The number of nitrogens with zero attached hydrogens (tertiary/aromatic N) is 1. The zero-order valence-electron chi connectivity index (χ0n) is 19.1. The van der Waals surface area contributed by atoms with Crippen LogP contribution in [0.25, 0.3) is 6.08 Å². The molecular formula is C26H19BrClIN2O4S. The highest BCUT2D eigenvalue weighted by Gasteiger charge is 2.35. The van der Waals surface area contributed by atoms with Gasteiger partial charge in [-0.25, -0.2) is 0 Å². The van der Waals surface area contributed by atoms with Crippen LogP contribution in [-0.2, 0) is 16.2 Å². The van der Waals surface area contributed by atoms with Crippen LogP contribution in [0.5, 0.6) is 11.5 Å². The topological polar surface area (TPSA) is 67.9 Å². The molecule has 2 amide bonds. The van der Waals surface area contributed by atoms with Gasteiger partial charge in [0.25, 0.3) is 11.8 Å². The molecule has 36 heavy (non-hydrogen) atoms. The highest BCUT2D eigenvalue weighted by atomic mass is 127. The van der Waals surface area contributed by atoms with Gasteiger partial charge in [-0.2, -0.15) is 0 Å². The van der Waals surface area contributed by atoms with Crippen molar-refractivity contribution in [2.24, 2.45) is 0 Å². The summed E-state index contributed by atoms with van der Waals surface area (Å²) in [6.07, 6.45) is 1.52. The average Bonchev–Trinajstić information content (AvgIpc) is 2.83. The van der Waals surface area contributed by atoms with Gasteiger partial charge < -0.3 is 9.47 Å². The minimum Gasteiger partial charge on any atom is -0.493 e. The second-order valence-electron chi connectivity index (χ2n) is 7.80. The number of methoxy groups -OCH3 is 1. The number of nitrogens with one attached hydrogen (secondary N) is 1. The summed E-state index contributed by atoms with van der Waals surface area (Å²) in [5.74, 6) is -0.0836. The first-order chi connectivity index (χ1) is 17.2. The monoisotopic (exact) mass is 696 g/mol. The molecule has 0 aromatic heterocycles. The van der Waals surface area contributed by atoms with E-state index in [0.29, 0.717) is 27.8 Å². The third-order valence-corrected chi connectivity index (χ3v) is 7.34. The number of carbonyl (C=O) groups excluding carboxylic acids is 2. The van der Waals surface area contributed by atoms with Gasteiger partial charge in [0.1, 0.15) is 12.2 Å². The van der Waals surface area contributed by atoms with Gasteiger partial charge in [-0.05, 0) is 95.3 Å². The van der Waals surface area contributed by atoms with E-state index in [0.717, 1.165) is 19.2 Å². The van der Waals surface area contributed by atoms with E-state index in [9.17, 15) is 9.59 Å². The summed E-state index contributed by atoms with van der Waals surface area (Å²) in [6, 6.07) is 16.4. The molecule has 0 spiro atoms. The normalized spacial score (nSPS) is 14.8. The van der Waals surface area contributed by atoms with Gasteiger partial charge in [-0.15, -0.1) is 0 Å². The van der Waals surface area contributed by atoms with Crippen LogP contribution in [0.4, 0.5) is 5.69 Å². The van der Waals surface area contributed by atoms with Crippen molar-refractivity contribution in [2.45, 2.75) is 13.5 Å². The minimum absolute atomic E-state index is 0.0306. The largest absolute Gasteiger partial charge is 0.493 e. The molecule has 3 aromatic carbocycles. The molecule has 0 aliphatic carbocycles. The smallest absolute Gasteiger partial charge is 0.270 e. The Labute approximate surface area is 240 Å². The van der Waals surface area contributed by atoms with E-state index in [1.54, 1.807) is 24.3 Å². The zero-order valence-corrected chi connectivity index (χ0v) is 24.4. The van der Waals surface area contributed by atoms with E-state index in [2.05, 4.69) is 43.8 Å². The molecule has 6 nitrogen and oxygen atoms in total. The van der Waals surface area contributed by atoms with Crippen LogP contribution in [0.2, 0.25) is 5.02 Å². The van der Waals surface area contributed by atoms with Crippen molar-refractivity contribution in [2.75, 3.05) is 12.0 Å². The lowest BCUT2D eigenvalue weighted by Crippen LogP contribution is -2.54. The summed E-state index contributed by atoms with van der Waals surface area (Å²) >= 11 is 17.1. The van der Waals surface area contributed by atoms with Gasteiger partial charge in [0.2, 0.25) is 0 Å². The Bertz CT molecular complexity index is 1430. The van der Waals surface area contributed by atoms with E-state index in [1.165, 1.54) is 18.1 Å². The molecule has 1 aliphatic rings.